The Morgan fingerprint density at radius 3 is 3.05 bits per heavy atom. The molecule has 0 saturated heterocycles. The van der Waals surface area contributed by atoms with Crippen molar-refractivity contribution in [2.45, 2.75) is 25.5 Å². The second-order valence-corrected chi connectivity index (χ2v) is 4.79. The summed E-state index contributed by atoms with van der Waals surface area (Å²) < 4.78 is 7.34. The number of carbonyl (C=O) groups is 1. The second-order valence-electron chi connectivity index (χ2n) is 4.79. The van der Waals surface area contributed by atoms with Crippen LogP contribution in [0.1, 0.15) is 23.2 Å². The molecule has 0 atom stereocenters. The van der Waals surface area contributed by atoms with E-state index in [0.29, 0.717) is 36.8 Å². The van der Waals surface area contributed by atoms with Gasteiger partial charge in [-0.15, -0.1) is 0 Å². The fraction of sp³-hybridized carbons (Fsp3) is 0.385. The Bertz CT molecular complexity index is 637. The standard InChI is InChI=1S/C13H16N6O2/c14-3-4-19-7-10(6-16-19)17-13-15-5-9(8-20)12(18-13)21-11-1-2-11/h5-8,11H,1-4,14H2,(H,15,17,18). The fourth-order valence-corrected chi connectivity index (χ4v) is 1.77. The Labute approximate surface area is 121 Å². The van der Waals surface area contributed by atoms with Crippen LogP contribution in [0.5, 0.6) is 5.88 Å². The normalized spacial score (nSPS) is 14.0. The Kier molecular flexibility index (Phi) is 3.78. The molecule has 1 fully saturated rings. The first-order valence-electron chi connectivity index (χ1n) is 6.77. The topological polar surface area (TPSA) is 108 Å². The van der Waals surface area contributed by atoms with E-state index in [4.69, 9.17) is 10.5 Å². The number of hydrogen-bond acceptors (Lipinski definition) is 7. The number of nitrogens with one attached hydrogen (secondary N) is 1. The van der Waals surface area contributed by atoms with Crippen molar-refractivity contribution in [1.29, 1.82) is 0 Å². The number of carbonyl (C=O) groups excluding carboxylic acids is 1. The van der Waals surface area contributed by atoms with E-state index in [9.17, 15) is 4.79 Å². The van der Waals surface area contributed by atoms with Crippen molar-refractivity contribution in [1.82, 2.24) is 19.7 Å². The van der Waals surface area contributed by atoms with Gasteiger partial charge in [-0.3, -0.25) is 9.48 Å². The number of rotatable bonds is 7. The predicted molar refractivity (Wildman–Crippen MR) is 75.6 cm³/mol. The zero-order chi connectivity index (χ0) is 14.7. The average Bonchev–Trinajstić information content (AvgIpc) is 3.19. The molecule has 110 valence electrons. The Balaban J connectivity index is 1.75. The van der Waals surface area contributed by atoms with Crippen LogP contribution in [-0.2, 0) is 6.54 Å². The van der Waals surface area contributed by atoms with Crippen LogP contribution in [-0.4, -0.2) is 38.7 Å². The molecule has 2 aromatic rings. The van der Waals surface area contributed by atoms with Gasteiger partial charge in [0.25, 0.3) is 0 Å². The molecule has 21 heavy (non-hydrogen) atoms. The van der Waals surface area contributed by atoms with Gasteiger partial charge in [0.05, 0.1) is 24.0 Å². The van der Waals surface area contributed by atoms with Crippen LogP contribution in [0.2, 0.25) is 0 Å². The maximum atomic E-state index is 11.0. The lowest BCUT2D eigenvalue weighted by Crippen LogP contribution is -2.09. The van der Waals surface area contributed by atoms with Gasteiger partial charge in [-0.25, -0.2) is 4.98 Å². The van der Waals surface area contributed by atoms with Gasteiger partial charge in [0.2, 0.25) is 11.8 Å². The highest BCUT2D eigenvalue weighted by Crippen LogP contribution is 2.27. The van der Waals surface area contributed by atoms with Gasteiger partial charge in [-0.1, -0.05) is 0 Å². The van der Waals surface area contributed by atoms with Crippen LogP contribution >= 0.6 is 0 Å². The summed E-state index contributed by atoms with van der Waals surface area (Å²) >= 11 is 0. The van der Waals surface area contributed by atoms with Crippen molar-refractivity contribution in [2.24, 2.45) is 5.73 Å². The molecular weight excluding hydrogens is 272 g/mol. The molecule has 0 radical (unpaired) electrons. The minimum atomic E-state index is 0.166. The number of nitrogens with zero attached hydrogens (tertiary/aromatic N) is 4. The van der Waals surface area contributed by atoms with Crippen molar-refractivity contribution in [3.05, 3.63) is 24.2 Å². The third kappa shape index (κ3) is 3.34. The molecule has 1 saturated carbocycles. The third-order valence-electron chi connectivity index (χ3n) is 2.96. The van der Waals surface area contributed by atoms with Crippen molar-refractivity contribution < 1.29 is 9.53 Å². The number of nitrogens with two attached hydrogens (primary N) is 1. The van der Waals surface area contributed by atoms with E-state index in [1.165, 1.54) is 6.20 Å². The van der Waals surface area contributed by atoms with Crippen molar-refractivity contribution in [3.63, 3.8) is 0 Å². The molecule has 0 aromatic carbocycles. The summed E-state index contributed by atoms with van der Waals surface area (Å²) in [6.45, 7) is 1.16. The summed E-state index contributed by atoms with van der Waals surface area (Å²) in [4.78, 5) is 19.3. The Morgan fingerprint density at radius 1 is 1.48 bits per heavy atom. The van der Waals surface area contributed by atoms with Gasteiger partial charge in [0, 0.05) is 18.9 Å². The van der Waals surface area contributed by atoms with Crippen molar-refractivity contribution >= 4 is 17.9 Å². The van der Waals surface area contributed by atoms with E-state index in [0.717, 1.165) is 18.5 Å². The van der Waals surface area contributed by atoms with Gasteiger partial charge >= 0.3 is 0 Å². The predicted octanol–water partition coefficient (Wildman–Crippen LogP) is 0.729. The van der Waals surface area contributed by atoms with E-state index in [1.54, 1.807) is 10.9 Å². The maximum Gasteiger partial charge on any atom is 0.230 e. The van der Waals surface area contributed by atoms with Crippen LogP contribution < -0.4 is 15.8 Å². The lowest BCUT2D eigenvalue weighted by Gasteiger charge is -2.08. The van der Waals surface area contributed by atoms with Crippen molar-refractivity contribution in [2.75, 3.05) is 11.9 Å². The Morgan fingerprint density at radius 2 is 2.33 bits per heavy atom. The molecule has 2 heterocycles. The number of anilines is 2. The molecule has 0 bridgehead atoms. The molecule has 1 aliphatic carbocycles. The van der Waals surface area contributed by atoms with E-state index in [1.807, 2.05) is 6.20 Å². The lowest BCUT2D eigenvalue weighted by atomic mass is 10.3. The van der Waals surface area contributed by atoms with E-state index < -0.39 is 0 Å². The van der Waals surface area contributed by atoms with Gasteiger partial charge in [-0.05, 0) is 12.8 Å². The highest BCUT2D eigenvalue weighted by Gasteiger charge is 2.25. The van der Waals surface area contributed by atoms with Crippen LogP contribution in [0.25, 0.3) is 0 Å². The highest BCUT2D eigenvalue weighted by atomic mass is 16.5. The molecule has 0 amide bonds. The summed E-state index contributed by atoms with van der Waals surface area (Å²) in [6.07, 6.45) is 7.77. The minimum absolute atomic E-state index is 0.166. The zero-order valence-electron chi connectivity index (χ0n) is 11.4. The quantitative estimate of drug-likeness (QED) is 0.723. The molecule has 8 heteroatoms. The number of aldehydes is 1. The average molecular weight is 288 g/mol. The molecule has 8 nitrogen and oxygen atoms in total. The van der Waals surface area contributed by atoms with Gasteiger partial charge in [0.1, 0.15) is 6.10 Å². The van der Waals surface area contributed by atoms with Crippen LogP contribution in [0.4, 0.5) is 11.6 Å². The SMILES string of the molecule is NCCn1cc(Nc2ncc(C=O)c(OC3CC3)n2)cn1. The highest BCUT2D eigenvalue weighted by molar-refractivity contribution is 5.78. The summed E-state index contributed by atoms with van der Waals surface area (Å²) in [7, 11) is 0. The first-order chi connectivity index (χ1) is 10.3. The van der Waals surface area contributed by atoms with E-state index in [-0.39, 0.29) is 6.10 Å². The summed E-state index contributed by atoms with van der Waals surface area (Å²) in [5.41, 5.74) is 6.57. The number of hydrogen-bond donors (Lipinski definition) is 2. The van der Waals surface area contributed by atoms with Crippen LogP contribution in [0.3, 0.4) is 0 Å². The monoisotopic (exact) mass is 288 g/mol. The summed E-state index contributed by atoms with van der Waals surface area (Å²) in [5.74, 6) is 0.683. The molecule has 2 aromatic heterocycles. The zero-order valence-corrected chi connectivity index (χ0v) is 11.4. The molecule has 0 spiro atoms. The molecule has 3 rings (SSSR count). The maximum absolute atomic E-state index is 11.0. The fourth-order valence-electron chi connectivity index (χ4n) is 1.77. The molecule has 1 aliphatic rings. The molecule has 0 aliphatic heterocycles. The first-order valence-corrected chi connectivity index (χ1v) is 6.77. The van der Waals surface area contributed by atoms with E-state index >= 15 is 0 Å². The summed E-state index contributed by atoms with van der Waals surface area (Å²) in [6, 6.07) is 0. The molecule has 3 N–H and O–H groups in total. The molecule has 0 unspecified atom stereocenters. The number of aromatic nitrogens is 4. The second kappa shape index (κ2) is 5.88. The smallest absolute Gasteiger partial charge is 0.230 e. The van der Waals surface area contributed by atoms with Crippen molar-refractivity contribution in [3.8, 4) is 5.88 Å². The largest absolute Gasteiger partial charge is 0.474 e. The molecular formula is C13H16N6O2. The van der Waals surface area contributed by atoms with Gasteiger partial charge < -0.3 is 15.8 Å². The van der Waals surface area contributed by atoms with Gasteiger partial charge in [-0.2, -0.15) is 10.1 Å². The third-order valence-corrected chi connectivity index (χ3v) is 2.96. The van der Waals surface area contributed by atoms with Crippen LogP contribution in [0, 0.1) is 0 Å². The van der Waals surface area contributed by atoms with Crippen LogP contribution in [0.15, 0.2) is 18.6 Å². The lowest BCUT2D eigenvalue weighted by molar-refractivity contribution is 0.111. The van der Waals surface area contributed by atoms with E-state index in [2.05, 4.69) is 20.4 Å². The van der Waals surface area contributed by atoms with Gasteiger partial charge in [0.15, 0.2) is 6.29 Å². The summed E-state index contributed by atoms with van der Waals surface area (Å²) in [5, 5.41) is 7.17. The Hall–Kier alpha value is -2.48. The first kappa shape index (κ1) is 13.5. The number of ether oxygens (including phenoxy) is 1. The minimum Gasteiger partial charge on any atom is -0.474 e.